The minimum atomic E-state index is -1.19. The molecule has 9 heteroatoms. The molecule has 38 heavy (non-hydrogen) atoms. The lowest BCUT2D eigenvalue weighted by atomic mass is 10.0. The Balaban J connectivity index is 1.34. The highest BCUT2D eigenvalue weighted by Gasteiger charge is 2.37. The molecule has 7 nitrogen and oxygen atoms in total. The van der Waals surface area contributed by atoms with E-state index in [0.717, 1.165) is 44.9 Å². The highest BCUT2D eigenvalue weighted by atomic mass is 79.9. The second-order valence-electron chi connectivity index (χ2n) is 10.2. The molecule has 2 aromatic heterocycles. The summed E-state index contributed by atoms with van der Waals surface area (Å²) in [5, 5.41) is 15.1. The number of halogens is 1. The maximum atomic E-state index is 13.3. The lowest BCUT2D eigenvalue weighted by Gasteiger charge is -2.29. The molecular weight excluding hydrogens is 564 g/mol. The van der Waals surface area contributed by atoms with Crippen LogP contribution < -0.4 is 5.32 Å². The van der Waals surface area contributed by atoms with Gasteiger partial charge in [0.05, 0.1) is 17.1 Å². The van der Waals surface area contributed by atoms with Gasteiger partial charge in [-0.3, -0.25) is 4.79 Å². The molecule has 0 spiro atoms. The van der Waals surface area contributed by atoms with Crippen LogP contribution in [-0.2, 0) is 4.79 Å². The van der Waals surface area contributed by atoms with Crippen molar-refractivity contribution in [1.82, 2.24) is 20.2 Å². The van der Waals surface area contributed by atoms with Gasteiger partial charge in [0.2, 0.25) is 5.91 Å². The fourth-order valence-electron chi connectivity index (χ4n) is 5.43. The number of rotatable bonds is 5. The van der Waals surface area contributed by atoms with Crippen LogP contribution in [0, 0.1) is 5.92 Å². The van der Waals surface area contributed by atoms with Crippen LogP contribution in [0.1, 0.15) is 38.6 Å². The first-order valence-corrected chi connectivity index (χ1v) is 14.3. The molecule has 0 radical (unpaired) electrons. The Kier molecular flexibility index (Phi) is 6.36. The van der Waals surface area contributed by atoms with Crippen molar-refractivity contribution in [3.05, 3.63) is 64.9 Å². The van der Waals surface area contributed by atoms with Crippen LogP contribution >= 0.6 is 27.3 Å². The van der Waals surface area contributed by atoms with Crippen molar-refractivity contribution in [1.29, 1.82) is 0 Å². The summed E-state index contributed by atoms with van der Waals surface area (Å²) in [5.74, 6) is 0.390. The number of aromatic nitrogens is 2. The lowest BCUT2D eigenvalue weighted by molar-refractivity contribution is -0.135. The van der Waals surface area contributed by atoms with Crippen molar-refractivity contribution >= 4 is 71.2 Å². The lowest BCUT2D eigenvalue weighted by Crippen LogP contribution is -2.50. The van der Waals surface area contributed by atoms with E-state index in [-0.39, 0.29) is 17.9 Å². The minimum absolute atomic E-state index is 0.156. The zero-order valence-electron chi connectivity index (χ0n) is 21.0. The molecule has 2 atom stereocenters. The van der Waals surface area contributed by atoms with Gasteiger partial charge in [-0.2, -0.15) is 0 Å². The molecule has 0 unspecified atom stereocenters. The van der Waals surface area contributed by atoms with Gasteiger partial charge in [-0.1, -0.05) is 54.0 Å². The second-order valence-corrected chi connectivity index (χ2v) is 12.2. The average molecular weight is 592 g/mol. The number of hydrogen-bond acceptors (Lipinski definition) is 4. The number of thiophene rings is 1. The first kappa shape index (κ1) is 24.9. The normalized spacial score (nSPS) is 16.6. The van der Waals surface area contributed by atoms with Crippen molar-refractivity contribution in [3.8, 4) is 10.4 Å². The van der Waals surface area contributed by atoms with Gasteiger partial charge in [-0.05, 0) is 65.4 Å². The number of nitrogens with one attached hydrogen (secondary N) is 2. The van der Waals surface area contributed by atoms with Gasteiger partial charge in [0, 0.05) is 26.0 Å². The molecule has 5 aromatic rings. The van der Waals surface area contributed by atoms with E-state index in [4.69, 9.17) is 4.98 Å². The number of imidazole rings is 1. The molecular formula is C29H27BrN4O3S. The van der Waals surface area contributed by atoms with E-state index in [1.807, 2.05) is 19.9 Å². The highest BCUT2D eigenvalue weighted by molar-refractivity contribution is 9.10. The molecule has 3 aromatic carbocycles. The van der Waals surface area contributed by atoms with E-state index in [1.54, 1.807) is 16.2 Å². The number of carbonyl (C=O) groups is 2. The summed E-state index contributed by atoms with van der Waals surface area (Å²) in [6.45, 7) is 4.28. The summed E-state index contributed by atoms with van der Waals surface area (Å²) in [6.07, 6.45) is 0.445. The van der Waals surface area contributed by atoms with Crippen molar-refractivity contribution in [2.75, 3.05) is 6.54 Å². The molecule has 6 rings (SSSR count). The molecule has 3 N–H and O–H groups in total. The molecule has 0 bridgehead atoms. The fraction of sp³-hybridized carbons (Fsp3) is 0.276. The summed E-state index contributed by atoms with van der Waals surface area (Å²) in [7, 11) is 0. The second kappa shape index (κ2) is 9.71. The number of fused-ring (bicyclic) bond motifs is 4. The zero-order valence-corrected chi connectivity index (χ0v) is 23.4. The number of aromatic amines is 1. The van der Waals surface area contributed by atoms with Crippen molar-refractivity contribution < 1.29 is 14.7 Å². The van der Waals surface area contributed by atoms with Gasteiger partial charge in [0.15, 0.2) is 0 Å². The first-order chi connectivity index (χ1) is 18.3. The number of nitrogens with zero attached hydrogens (tertiary/aromatic N) is 2. The van der Waals surface area contributed by atoms with E-state index in [9.17, 15) is 14.7 Å². The number of amides is 2. The standard InChI is InChI=1S/C29H27BrN4O3S/c1-15(2)25(33-29(36)37)28(35)34-11-3-4-22(34)27-31-21-10-7-16-12-17(6-9-20(16)26(21)32-27)23-13-18-5-8-19(30)14-24(18)38-23/h5-10,12-15,22,25,33H,3-4,11H2,1-2H3,(H,31,32)(H,36,37)/t22-,25-/m0/s1. The van der Waals surface area contributed by atoms with Gasteiger partial charge in [-0.15, -0.1) is 11.3 Å². The predicted octanol–water partition coefficient (Wildman–Crippen LogP) is 7.32. The smallest absolute Gasteiger partial charge is 0.405 e. The highest BCUT2D eigenvalue weighted by Crippen LogP contribution is 2.38. The zero-order chi connectivity index (χ0) is 26.6. The Morgan fingerprint density at radius 1 is 1.13 bits per heavy atom. The van der Waals surface area contributed by atoms with Gasteiger partial charge in [-0.25, -0.2) is 9.78 Å². The van der Waals surface area contributed by atoms with Crippen molar-refractivity contribution in [2.24, 2.45) is 5.92 Å². The fourth-order valence-corrected chi connectivity index (χ4v) is 7.04. The van der Waals surface area contributed by atoms with Crippen LogP contribution in [0.25, 0.3) is 42.3 Å². The minimum Gasteiger partial charge on any atom is -0.465 e. The molecule has 1 aliphatic heterocycles. The molecule has 194 valence electrons. The van der Waals surface area contributed by atoms with Crippen molar-refractivity contribution in [2.45, 2.75) is 38.8 Å². The number of benzene rings is 3. The third kappa shape index (κ3) is 4.43. The van der Waals surface area contributed by atoms with Gasteiger partial charge in [0.1, 0.15) is 11.9 Å². The SMILES string of the molecule is CC(C)[C@H](NC(=O)O)C(=O)N1CCC[C@H]1c1nc2ccc3cc(-c4cc5ccc(Br)cc5s4)ccc3c2[nH]1. The maximum absolute atomic E-state index is 13.3. The predicted molar refractivity (Wildman–Crippen MR) is 156 cm³/mol. The summed E-state index contributed by atoms with van der Waals surface area (Å²) >= 11 is 5.34. The Labute approximate surface area is 232 Å². The number of hydrogen-bond donors (Lipinski definition) is 3. The van der Waals surface area contributed by atoms with Crippen LogP contribution in [0.4, 0.5) is 4.79 Å². The third-order valence-electron chi connectivity index (χ3n) is 7.32. The largest absolute Gasteiger partial charge is 0.465 e. The van der Waals surface area contributed by atoms with Crippen LogP contribution in [0.2, 0.25) is 0 Å². The van der Waals surface area contributed by atoms with Crippen molar-refractivity contribution in [3.63, 3.8) is 0 Å². The Bertz CT molecular complexity index is 1710. The summed E-state index contributed by atoms with van der Waals surface area (Å²) < 4.78 is 2.33. The summed E-state index contributed by atoms with van der Waals surface area (Å²) in [4.78, 5) is 36.0. The Morgan fingerprint density at radius 2 is 1.95 bits per heavy atom. The number of carboxylic acid groups (broad SMARTS) is 1. The van der Waals surface area contributed by atoms with E-state index in [0.29, 0.717) is 6.54 Å². The van der Waals surface area contributed by atoms with Crippen LogP contribution in [0.5, 0.6) is 0 Å². The molecule has 0 saturated carbocycles. The molecule has 0 aliphatic carbocycles. The Morgan fingerprint density at radius 3 is 2.74 bits per heavy atom. The average Bonchev–Trinajstić information content (AvgIpc) is 3.63. The molecule has 1 aliphatic rings. The van der Waals surface area contributed by atoms with Gasteiger partial charge in [0.25, 0.3) is 0 Å². The number of likely N-dealkylation sites (tertiary alicyclic amines) is 1. The molecule has 2 amide bonds. The number of H-pyrrole nitrogens is 1. The monoisotopic (exact) mass is 590 g/mol. The first-order valence-electron chi connectivity index (χ1n) is 12.7. The quantitative estimate of drug-likeness (QED) is 0.200. The van der Waals surface area contributed by atoms with Crippen LogP contribution in [0.3, 0.4) is 0 Å². The van der Waals surface area contributed by atoms with E-state index >= 15 is 0 Å². The van der Waals surface area contributed by atoms with Gasteiger partial charge >= 0.3 is 6.09 Å². The molecule has 1 fully saturated rings. The van der Waals surface area contributed by atoms with Gasteiger partial charge < -0.3 is 20.3 Å². The van der Waals surface area contributed by atoms with Crippen LogP contribution in [0.15, 0.2) is 59.1 Å². The van der Waals surface area contributed by atoms with E-state index < -0.39 is 12.1 Å². The topological polar surface area (TPSA) is 98.3 Å². The number of carbonyl (C=O) groups excluding carboxylic acids is 1. The van der Waals surface area contributed by atoms with E-state index in [1.165, 1.54) is 20.5 Å². The molecule has 1 saturated heterocycles. The Hall–Kier alpha value is -3.43. The van der Waals surface area contributed by atoms with Crippen LogP contribution in [-0.4, -0.2) is 44.6 Å². The molecule has 3 heterocycles. The maximum Gasteiger partial charge on any atom is 0.405 e. The summed E-state index contributed by atoms with van der Waals surface area (Å²) in [6, 6.07) is 18.2. The van der Waals surface area contributed by atoms with E-state index in [2.05, 4.69) is 74.8 Å². The third-order valence-corrected chi connectivity index (χ3v) is 8.96. The summed E-state index contributed by atoms with van der Waals surface area (Å²) in [5.41, 5.74) is 2.98.